The topological polar surface area (TPSA) is 135 Å². The lowest BCUT2D eigenvalue weighted by Gasteiger charge is -2.35. The van der Waals surface area contributed by atoms with Crippen molar-refractivity contribution in [3.8, 4) is 11.6 Å². The lowest BCUT2D eigenvalue weighted by molar-refractivity contribution is -0.0307. The number of nitrogens with zero attached hydrogens (tertiary/aromatic N) is 6. The minimum atomic E-state index is -3.28. The van der Waals surface area contributed by atoms with E-state index >= 15 is 0 Å². The molecule has 1 aliphatic rings. The zero-order chi connectivity index (χ0) is 26.0. The number of rotatable bonds is 8. The number of likely N-dealkylation sites (tertiary alicyclic amines) is 1. The molecule has 1 fully saturated rings. The maximum absolute atomic E-state index is 11.8. The normalized spacial score (nSPS) is 16.1. The highest BCUT2D eigenvalue weighted by atomic mass is 32.2. The van der Waals surface area contributed by atoms with Crippen molar-refractivity contribution in [3.05, 3.63) is 60.7 Å². The molecule has 1 saturated heterocycles. The van der Waals surface area contributed by atoms with Crippen molar-refractivity contribution in [2.24, 2.45) is 0 Å². The van der Waals surface area contributed by atoms with E-state index < -0.39 is 16.1 Å². The van der Waals surface area contributed by atoms with E-state index in [4.69, 9.17) is 4.74 Å². The number of anilines is 1. The smallest absolute Gasteiger partial charge is 0.228 e. The van der Waals surface area contributed by atoms with E-state index in [2.05, 4.69) is 25.4 Å². The molecule has 194 valence electrons. The van der Waals surface area contributed by atoms with Crippen LogP contribution in [0.15, 0.2) is 60.0 Å². The van der Waals surface area contributed by atoms with Gasteiger partial charge in [-0.15, -0.1) is 0 Å². The largest absolute Gasteiger partial charge is 0.474 e. The molecule has 0 spiro atoms. The maximum atomic E-state index is 11.8. The first kappa shape index (κ1) is 25.1. The number of nitrogens with one attached hydrogen (secondary N) is 1. The number of fused-ring (bicyclic) bond motifs is 1. The van der Waals surface area contributed by atoms with Crippen molar-refractivity contribution in [1.82, 2.24) is 29.6 Å². The second-order valence-corrected chi connectivity index (χ2v) is 11.0. The van der Waals surface area contributed by atoms with Crippen LogP contribution in [-0.4, -0.2) is 75.2 Å². The third kappa shape index (κ3) is 5.41. The van der Waals surface area contributed by atoms with Crippen LogP contribution in [-0.2, 0) is 9.84 Å². The molecule has 4 aromatic rings. The summed E-state index contributed by atoms with van der Waals surface area (Å²) in [7, 11) is -3.28. The number of piperidine rings is 1. The molecule has 12 heteroatoms. The molecular weight excluding hydrogens is 494 g/mol. The zero-order valence-corrected chi connectivity index (χ0v) is 21.5. The Hall–Kier alpha value is -3.61. The highest BCUT2D eigenvalue weighted by Crippen LogP contribution is 2.28. The number of sulfone groups is 1. The van der Waals surface area contributed by atoms with Gasteiger partial charge in [-0.3, -0.25) is 4.90 Å². The lowest BCUT2D eigenvalue weighted by Crippen LogP contribution is -2.40. The Bertz CT molecular complexity index is 1470. The summed E-state index contributed by atoms with van der Waals surface area (Å²) in [5.74, 6) is 1.24. The van der Waals surface area contributed by atoms with Crippen LogP contribution in [0.3, 0.4) is 0 Å². The summed E-state index contributed by atoms with van der Waals surface area (Å²) in [4.78, 5) is 15.3. The van der Waals surface area contributed by atoms with Gasteiger partial charge in [-0.25, -0.2) is 28.1 Å². The van der Waals surface area contributed by atoms with Crippen LogP contribution in [0.4, 0.5) is 5.82 Å². The summed E-state index contributed by atoms with van der Waals surface area (Å²) >= 11 is 0. The van der Waals surface area contributed by atoms with E-state index in [9.17, 15) is 13.5 Å². The molecule has 1 atom stereocenters. The molecule has 0 radical (unpaired) electrons. The molecule has 1 aromatic carbocycles. The van der Waals surface area contributed by atoms with E-state index in [1.165, 1.54) is 12.6 Å². The van der Waals surface area contributed by atoms with Crippen LogP contribution >= 0.6 is 0 Å². The Morgan fingerprint density at radius 1 is 1.08 bits per heavy atom. The minimum absolute atomic E-state index is 0.0619. The summed E-state index contributed by atoms with van der Waals surface area (Å²) in [6.07, 6.45) is 6.64. The molecule has 0 saturated carbocycles. The summed E-state index contributed by atoms with van der Waals surface area (Å²) in [5, 5.41) is 19.1. The van der Waals surface area contributed by atoms with Crippen molar-refractivity contribution < 1.29 is 18.3 Å². The van der Waals surface area contributed by atoms with Crippen molar-refractivity contribution in [2.75, 3.05) is 31.2 Å². The van der Waals surface area contributed by atoms with Crippen LogP contribution in [0.25, 0.3) is 16.7 Å². The van der Waals surface area contributed by atoms with Crippen LogP contribution in [0.5, 0.6) is 5.88 Å². The Kier molecular flexibility index (Phi) is 7.04. The molecule has 5 rings (SSSR count). The quantitative estimate of drug-likeness (QED) is 0.355. The van der Waals surface area contributed by atoms with Crippen LogP contribution < -0.4 is 10.1 Å². The number of aromatic nitrogens is 5. The minimum Gasteiger partial charge on any atom is -0.474 e. The van der Waals surface area contributed by atoms with Crippen LogP contribution in [0.2, 0.25) is 0 Å². The SMILES string of the molecule is CCNc1ccc(C(O)N2CCC(Oc3ncnc4c3cnn4-c3ccc(S(C)(=O)=O)cc3)CC2)cn1. The van der Waals surface area contributed by atoms with Gasteiger partial charge in [0.15, 0.2) is 15.5 Å². The Morgan fingerprint density at radius 3 is 2.49 bits per heavy atom. The highest BCUT2D eigenvalue weighted by Gasteiger charge is 2.27. The Balaban J connectivity index is 1.25. The molecule has 11 nitrogen and oxygen atoms in total. The molecule has 0 aliphatic carbocycles. The molecule has 37 heavy (non-hydrogen) atoms. The first-order chi connectivity index (χ1) is 17.8. The second-order valence-electron chi connectivity index (χ2n) is 8.97. The van der Waals surface area contributed by atoms with Crippen LogP contribution in [0, 0.1) is 0 Å². The van der Waals surface area contributed by atoms with Gasteiger partial charge in [0.05, 0.1) is 16.8 Å². The summed E-state index contributed by atoms with van der Waals surface area (Å²) in [6, 6.07) is 10.2. The fourth-order valence-electron chi connectivity index (χ4n) is 4.39. The third-order valence-electron chi connectivity index (χ3n) is 6.38. The molecule has 0 amide bonds. The fraction of sp³-hybridized carbons (Fsp3) is 0.360. The van der Waals surface area contributed by atoms with Gasteiger partial charge in [-0.2, -0.15) is 5.10 Å². The fourth-order valence-corrected chi connectivity index (χ4v) is 5.02. The second kappa shape index (κ2) is 10.4. The maximum Gasteiger partial charge on any atom is 0.228 e. The number of pyridine rings is 1. The molecule has 1 aliphatic heterocycles. The van der Waals surface area contributed by atoms with Crippen molar-refractivity contribution >= 4 is 26.7 Å². The highest BCUT2D eigenvalue weighted by molar-refractivity contribution is 7.90. The molecule has 0 bridgehead atoms. The van der Waals surface area contributed by atoms with E-state index in [-0.39, 0.29) is 11.0 Å². The van der Waals surface area contributed by atoms with Crippen LogP contribution in [0.1, 0.15) is 31.6 Å². The number of ether oxygens (including phenoxy) is 1. The zero-order valence-electron chi connectivity index (χ0n) is 20.6. The van der Waals surface area contributed by atoms with Crippen molar-refractivity contribution in [1.29, 1.82) is 0 Å². The molecular formula is C25H29N7O4S. The number of aliphatic hydroxyl groups excluding tert-OH is 1. The van der Waals surface area contributed by atoms with E-state index in [0.29, 0.717) is 35.7 Å². The number of hydrogen-bond acceptors (Lipinski definition) is 10. The Morgan fingerprint density at radius 2 is 1.84 bits per heavy atom. The van der Waals surface area contributed by atoms with Gasteiger partial charge in [-0.1, -0.05) is 0 Å². The van der Waals surface area contributed by atoms with E-state index in [1.54, 1.807) is 41.3 Å². The van der Waals surface area contributed by atoms with Crippen molar-refractivity contribution in [2.45, 2.75) is 37.0 Å². The summed E-state index contributed by atoms with van der Waals surface area (Å²) in [6.45, 7) is 4.14. The predicted molar refractivity (Wildman–Crippen MR) is 138 cm³/mol. The van der Waals surface area contributed by atoms with Gasteiger partial charge in [0.2, 0.25) is 5.88 Å². The van der Waals surface area contributed by atoms with Gasteiger partial charge >= 0.3 is 0 Å². The standard InChI is InChI=1S/C25H29N7O4S/c1-3-26-22-9-4-17(14-27-22)25(33)31-12-10-19(11-13-31)36-24-21-15-30-32(23(21)28-16-29-24)18-5-7-20(8-6-18)37(2,34)35/h4-9,14-16,19,25,33H,3,10-13H2,1-2H3,(H,26,27). The first-order valence-corrected chi connectivity index (χ1v) is 14.0. The van der Waals surface area contributed by atoms with Gasteiger partial charge in [0.1, 0.15) is 29.9 Å². The first-order valence-electron chi connectivity index (χ1n) is 12.1. The summed E-state index contributed by atoms with van der Waals surface area (Å²) in [5.41, 5.74) is 2.01. The van der Waals surface area contributed by atoms with Gasteiger partial charge in [0, 0.05) is 37.7 Å². The average Bonchev–Trinajstić information content (AvgIpc) is 3.34. The van der Waals surface area contributed by atoms with E-state index in [1.807, 2.05) is 24.0 Å². The lowest BCUT2D eigenvalue weighted by atomic mass is 10.1. The molecule has 3 aromatic heterocycles. The Labute approximate surface area is 215 Å². The third-order valence-corrected chi connectivity index (χ3v) is 7.51. The molecule has 4 heterocycles. The van der Waals surface area contributed by atoms with Crippen molar-refractivity contribution in [3.63, 3.8) is 0 Å². The van der Waals surface area contributed by atoms with Gasteiger partial charge in [-0.05, 0) is 56.2 Å². The number of hydrogen-bond donors (Lipinski definition) is 2. The monoisotopic (exact) mass is 523 g/mol. The number of aliphatic hydroxyl groups is 1. The summed E-state index contributed by atoms with van der Waals surface area (Å²) < 4.78 is 31.4. The van der Waals surface area contributed by atoms with Gasteiger partial charge in [0.25, 0.3) is 0 Å². The van der Waals surface area contributed by atoms with E-state index in [0.717, 1.165) is 30.8 Å². The number of benzene rings is 1. The van der Waals surface area contributed by atoms with Gasteiger partial charge < -0.3 is 15.2 Å². The predicted octanol–water partition coefficient (Wildman–Crippen LogP) is 2.58. The molecule has 2 N–H and O–H groups in total. The average molecular weight is 524 g/mol. The molecule has 1 unspecified atom stereocenters.